The smallest absolute Gasteiger partial charge is 0.550 e. The van der Waals surface area contributed by atoms with Gasteiger partial charge in [-0.05, 0) is 48.9 Å². The van der Waals surface area contributed by atoms with Crippen molar-refractivity contribution in [2.24, 2.45) is 0 Å². The first kappa shape index (κ1) is 19.3. The van der Waals surface area contributed by atoms with Gasteiger partial charge in [0.25, 0.3) is 0 Å². The molecular formula is C18H13ClFLiN2O2. The number of hydrogen-bond acceptors (Lipinski definition) is 3. The molecule has 1 heterocycles. The van der Waals surface area contributed by atoms with Crippen molar-refractivity contribution in [1.29, 1.82) is 0 Å². The molecule has 0 aliphatic carbocycles. The number of carboxylic acid groups (broad SMARTS) is 1. The van der Waals surface area contributed by atoms with Crippen molar-refractivity contribution >= 4 is 17.6 Å². The van der Waals surface area contributed by atoms with Gasteiger partial charge in [-0.25, -0.2) is 9.37 Å². The second-order valence-corrected chi connectivity index (χ2v) is 5.81. The van der Waals surface area contributed by atoms with E-state index in [0.29, 0.717) is 22.2 Å². The summed E-state index contributed by atoms with van der Waals surface area (Å²) in [6, 6.07) is 11.2. The van der Waals surface area contributed by atoms with E-state index in [1.54, 1.807) is 29.0 Å². The summed E-state index contributed by atoms with van der Waals surface area (Å²) in [7, 11) is 0. The van der Waals surface area contributed by atoms with E-state index in [1.165, 1.54) is 12.1 Å². The molecule has 0 spiro atoms. The Morgan fingerprint density at radius 2 is 1.92 bits per heavy atom. The van der Waals surface area contributed by atoms with Gasteiger partial charge in [-0.2, -0.15) is 0 Å². The third kappa shape index (κ3) is 4.32. The number of carboxylic acids is 1. The van der Waals surface area contributed by atoms with Gasteiger partial charge in [0.15, 0.2) is 0 Å². The Labute approximate surface area is 161 Å². The number of carbonyl (C=O) groups excluding carboxylic acids is 1. The third-order valence-corrected chi connectivity index (χ3v) is 4.06. The van der Waals surface area contributed by atoms with Crippen LogP contribution in [0.25, 0.3) is 16.9 Å². The molecule has 3 aromatic rings. The molecule has 25 heavy (non-hydrogen) atoms. The minimum atomic E-state index is -1.23. The molecule has 1 aromatic heterocycles. The molecule has 0 bridgehead atoms. The number of benzene rings is 2. The van der Waals surface area contributed by atoms with Crippen molar-refractivity contribution in [3.05, 3.63) is 70.9 Å². The van der Waals surface area contributed by atoms with Gasteiger partial charge in [0, 0.05) is 34.9 Å². The average molecular weight is 351 g/mol. The largest absolute Gasteiger partial charge is 1.00 e. The molecule has 0 atom stereocenters. The van der Waals surface area contributed by atoms with Crippen LogP contribution < -0.4 is 24.0 Å². The fraction of sp³-hybridized carbons (Fsp3) is 0.111. The van der Waals surface area contributed by atoms with Crippen molar-refractivity contribution in [1.82, 2.24) is 9.55 Å². The fourth-order valence-electron chi connectivity index (χ4n) is 2.44. The fourth-order valence-corrected chi connectivity index (χ4v) is 2.56. The summed E-state index contributed by atoms with van der Waals surface area (Å²) in [4.78, 5) is 15.4. The van der Waals surface area contributed by atoms with Gasteiger partial charge in [-0.1, -0.05) is 17.7 Å². The predicted octanol–water partition coefficient (Wildman–Crippen LogP) is -0.0634. The van der Waals surface area contributed by atoms with Crippen LogP contribution in [0.15, 0.2) is 48.7 Å². The Bertz CT molecular complexity index is 910. The first-order valence-corrected chi connectivity index (χ1v) is 7.62. The average Bonchev–Trinajstić information content (AvgIpc) is 2.94. The number of aryl methyl sites for hydroxylation is 1. The zero-order valence-corrected chi connectivity index (χ0v) is 14.5. The van der Waals surface area contributed by atoms with Crippen molar-refractivity contribution in [3.8, 4) is 16.9 Å². The zero-order chi connectivity index (χ0) is 17.3. The summed E-state index contributed by atoms with van der Waals surface area (Å²) in [6.07, 6.45) is 1.37. The summed E-state index contributed by atoms with van der Waals surface area (Å²) >= 11 is 6.04. The van der Waals surface area contributed by atoms with E-state index in [0.717, 1.165) is 11.1 Å². The normalized spacial score (nSPS) is 10.4. The monoisotopic (exact) mass is 350 g/mol. The van der Waals surface area contributed by atoms with E-state index >= 15 is 0 Å². The zero-order valence-electron chi connectivity index (χ0n) is 13.8. The van der Waals surface area contributed by atoms with Crippen LogP contribution in [0.1, 0.15) is 11.4 Å². The minimum Gasteiger partial charge on any atom is -0.550 e. The Kier molecular flexibility index (Phi) is 6.07. The van der Waals surface area contributed by atoms with Gasteiger partial charge in [0.05, 0.1) is 5.69 Å². The molecule has 0 aliphatic heterocycles. The maximum absolute atomic E-state index is 13.1. The molecule has 7 heteroatoms. The van der Waals surface area contributed by atoms with Crippen LogP contribution in [0.3, 0.4) is 0 Å². The van der Waals surface area contributed by atoms with Crippen molar-refractivity contribution < 1.29 is 33.2 Å². The van der Waals surface area contributed by atoms with Crippen LogP contribution in [0.4, 0.5) is 4.39 Å². The molecule has 0 amide bonds. The molecule has 0 radical (unpaired) electrons. The number of rotatable bonds is 4. The number of carbonyl (C=O) groups is 1. The third-order valence-electron chi connectivity index (χ3n) is 3.64. The van der Waals surface area contributed by atoms with Crippen LogP contribution in [0.5, 0.6) is 0 Å². The molecule has 0 unspecified atom stereocenters. The Morgan fingerprint density at radius 3 is 2.52 bits per heavy atom. The van der Waals surface area contributed by atoms with Gasteiger partial charge < -0.3 is 14.5 Å². The van der Waals surface area contributed by atoms with Gasteiger partial charge in [-0.3, -0.25) is 0 Å². The second-order valence-electron chi connectivity index (χ2n) is 5.40. The van der Waals surface area contributed by atoms with Crippen molar-refractivity contribution in [3.63, 3.8) is 0 Å². The number of aliphatic carboxylic acids is 1. The molecule has 2 aromatic carbocycles. The predicted molar refractivity (Wildman–Crippen MR) is 87.4 cm³/mol. The number of aromatic nitrogens is 2. The summed E-state index contributed by atoms with van der Waals surface area (Å²) in [5, 5.41) is 11.7. The molecule has 0 saturated carbocycles. The van der Waals surface area contributed by atoms with Gasteiger partial charge in [0.1, 0.15) is 11.6 Å². The number of halogens is 2. The SMILES string of the molecule is Cc1cc(-c2cn(-c3ccc(F)cc3)c(CC(=O)[O-])n2)ccc1Cl.[Li+]. The van der Waals surface area contributed by atoms with E-state index in [4.69, 9.17) is 11.6 Å². The van der Waals surface area contributed by atoms with E-state index < -0.39 is 5.97 Å². The Morgan fingerprint density at radius 1 is 1.24 bits per heavy atom. The van der Waals surface area contributed by atoms with Gasteiger partial charge >= 0.3 is 18.9 Å². The quantitative estimate of drug-likeness (QED) is 0.619. The van der Waals surface area contributed by atoms with Crippen molar-refractivity contribution in [2.75, 3.05) is 0 Å². The van der Waals surface area contributed by atoms with Crippen LogP contribution in [0, 0.1) is 12.7 Å². The molecule has 0 aliphatic rings. The first-order chi connectivity index (χ1) is 11.4. The van der Waals surface area contributed by atoms with E-state index in [1.807, 2.05) is 19.1 Å². The number of nitrogens with zero attached hydrogens (tertiary/aromatic N) is 2. The van der Waals surface area contributed by atoms with E-state index in [9.17, 15) is 14.3 Å². The van der Waals surface area contributed by atoms with Crippen LogP contribution in [-0.4, -0.2) is 15.5 Å². The standard InChI is InChI=1S/C18H14ClFN2O2.Li/c1-11-8-12(2-7-15(11)19)16-10-22(17(21-16)9-18(23)24)14-5-3-13(20)4-6-14;/h2-8,10H,9H2,1H3,(H,23,24);/q;+1/p-1. The molecule has 0 saturated heterocycles. The van der Waals surface area contributed by atoms with Crippen LogP contribution in [0.2, 0.25) is 5.02 Å². The molecule has 122 valence electrons. The Balaban J connectivity index is 0.00000225. The molecule has 0 N–H and O–H groups in total. The second kappa shape index (κ2) is 7.88. The summed E-state index contributed by atoms with van der Waals surface area (Å²) < 4.78 is 14.7. The van der Waals surface area contributed by atoms with E-state index in [-0.39, 0.29) is 31.1 Å². The van der Waals surface area contributed by atoms with Crippen LogP contribution in [-0.2, 0) is 11.2 Å². The minimum absolute atomic E-state index is 0. The molecule has 4 nitrogen and oxygen atoms in total. The number of imidazole rings is 1. The van der Waals surface area contributed by atoms with Crippen molar-refractivity contribution in [2.45, 2.75) is 13.3 Å². The maximum Gasteiger partial charge on any atom is 1.00 e. The van der Waals surface area contributed by atoms with Crippen LogP contribution >= 0.6 is 11.6 Å². The van der Waals surface area contributed by atoms with Gasteiger partial charge in [0.2, 0.25) is 0 Å². The topological polar surface area (TPSA) is 58.0 Å². The summed E-state index contributed by atoms with van der Waals surface area (Å²) in [5.41, 5.74) is 2.94. The van der Waals surface area contributed by atoms with E-state index in [2.05, 4.69) is 4.98 Å². The summed E-state index contributed by atoms with van der Waals surface area (Å²) in [6.45, 7) is 1.88. The molecule has 0 fully saturated rings. The molecule has 3 rings (SSSR count). The molecular weight excluding hydrogens is 338 g/mol. The Hall–Kier alpha value is -2.06. The summed E-state index contributed by atoms with van der Waals surface area (Å²) in [5.74, 6) is -1.29. The van der Waals surface area contributed by atoms with Gasteiger partial charge in [-0.15, -0.1) is 0 Å². The maximum atomic E-state index is 13.1. The number of hydrogen-bond donors (Lipinski definition) is 0. The first-order valence-electron chi connectivity index (χ1n) is 7.24.